The summed E-state index contributed by atoms with van der Waals surface area (Å²) in [5.74, 6) is 0.901. The Morgan fingerprint density at radius 3 is 2.58 bits per heavy atom. The summed E-state index contributed by atoms with van der Waals surface area (Å²) in [7, 11) is 3.12. The summed E-state index contributed by atoms with van der Waals surface area (Å²) >= 11 is 0. The highest BCUT2D eigenvalue weighted by molar-refractivity contribution is 6.06. The third-order valence-corrected chi connectivity index (χ3v) is 3.96. The van der Waals surface area contributed by atoms with Gasteiger partial charge in [0.05, 0.1) is 31.6 Å². The van der Waals surface area contributed by atoms with Gasteiger partial charge in [-0.3, -0.25) is 4.79 Å². The third kappa shape index (κ3) is 3.59. The molecule has 0 unspecified atom stereocenters. The Hall–Kier alpha value is -3.53. The van der Waals surface area contributed by atoms with E-state index in [9.17, 15) is 4.79 Å². The van der Waals surface area contributed by atoms with Gasteiger partial charge >= 0.3 is 0 Å². The van der Waals surface area contributed by atoms with Crippen LogP contribution in [0.2, 0.25) is 0 Å². The maximum atomic E-state index is 12.4. The van der Waals surface area contributed by atoms with Crippen molar-refractivity contribution in [1.82, 2.24) is 0 Å². The van der Waals surface area contributed by atoms with Gasteiger partial charge in [0.15, 0.2) is 11.5 Å². The van der Waals surface area contributed by atoms with Crippen LogP contribution in [0.15, 0.2) is 47.6 Å². The lowest BCUT2D eigenvalue weighted by Crippen LogP contribution is -2.28. The predicted molar refractivity (Wildman–Crippen MR) is 95.4 cm³/mol. The minimum Gasteiger partial charge on any atom is -0.493 e. The van der Waals surface area contributed by atoms with Crippen molar-refractivity contribution in [3.63, 3.8) is 0 Å². The molecule has 1 aliphatic heterocycles. The molecule has 1 N–H and O–H groups in total. The number of nitrogens with zero attached hydrogens (tertiary/aromatic N) is 2. The van der Waals surface area contributed by atoms with Crippen molar-refractivity contribution < 1.29 is 19.1 Å². The summed E-state index contributed by atoms with van der Waals surface area (Å²) in [6.45, 7) is 0. The number of benzene rings is 2. The second-order valence-corrected chi connectivity index (χ2v) is 5.58. The number of oxime groups is 1. The van der Waals surface area contributed by atoms with Crippen LogP contribution in [0.4, 0.5) is 5.69 Å². The number of carbonyl (C=O) groups excluding carboxylic acids is 1. The smallest absolute Gasteiger partial charge is 0.268 e. The van der Waals surface area contributed by atoms with Crippen molar-refractivity contribution in [1.29, 1.82) is 5.26 Å². The average Bonchev–Trinajstić information content (AvgIpc) is 3.18. The molecule has 2 aromatic carbocycles. The van der Waals surface area contributed by atoms with E-state index in [0.29, 0.717) is 34.9 Å². The zero-order chi connectivity index (χ0) is 18.5. The maximum absolute atomic E-state index is 12.4. The lowest BCUT2D eigenvalue weighted by molar-refractivity contribution is -0.125. The molecule has 7 heteroatoms. The molecule has 0 fully saturated rings. The molecule has 0 saturated heterocycles. The van der Waals surface area contributed by atoms with E-state index in [1.165, 1.54) is 0 Å². The van der Waals surface area contributed by atoms with E-state index in [-0.39, 0.29) is 5.91 Å². The highest BCUT2D eigenvalue weighted by Gasteiger charge is 2.29. The van der Waals surface area contributed by atoms with Crippen LogP contribution in [0.3, 0.4) is 0 Å². The molecule has 3 rings (SSSR count). The van der Waals surface area contributed by atoms with E-state index in [1.54, 1.807) is 50.6 Å². The SMILES string of the molecule is COc1ccc(C2=NO[C@H](C(=O)Nc3ccc(C#N)cc3)C2)cc1OC. The van der Waals surface area contributed by atoms with E-state index in [4.69, 9.17) is 19.6 Å². The second kappa shape index (κ2) is 7.57. The largest absolute Gasteiger partial charge is 0.493 e. The molecule has 0 aliphatic carbocycles. The van der Waals surface area contributed by atoms with Gasteiger partial charge in [-0.1, -0.05) is 5.16 Å². The maximum Gasteiger partial charge on any atom is 0.268 e. The first-order valence-corrected chi connectivity index (χ1v) is 7.90. The fraction of sp³-hybridized carbons (Fsp3) is 0.211. The minimum atomic E-state index is -0.714. The molecule has 0 saturated carbocycles. The normalized spacial score (nSPS) is 15.4. The quantitative estimate of drug-likeness (QED) is 0.894. The van der Waals surface area contributed by atoms with Crippen LogP contribution in [0.1, 0.15) is 17.5 Å². The van der Waals surface area contributed by atoms with Crippen LogP contribution in [0, 0.1) is 11.3 Å². The van der Waals surface area contributed by atoms with E-state index < -0.39 is 6.10 Å². The molecular weight excluding hydrogens is 334 g/mol. The van der Waals surface area contributed by atoms with Crippen LogP contribution in [-0.4, -0.2) is 31.9 Å². The number of nitrogens with one attached hydrogen (secondary N) is 1. The van der Waals surface area contributed by atoms with Gasteiger partial charge in [-0.25, -0.2) is 0 Å². The lowest BCUT2D eigenvalue weighted by Gasteiger charge is -2.10. The number of rotatable bonds is 5. The topological polar surface area (TPSA) is 92.9 Å². The summed E-state index contributed by atoms with van der Waals surface area (Å²) in [4.78, 5) is 17.6. The van der Waals surface area contributed by atoms with Gasteiger partial charge in [0.1, 0.15) is 0 Å². The number of ether oxygens (including phenoxy) is 2. The van der Waals surface area contributed by atoms with E-state index in [1.807, 2.05) is 12.1 Å². The first-order chi connectivity index (χ1) is 12.6. The average molecular weight is 351 g/mol. The summed E-state index contributed by atoms with van der Waals surface area (Å²) in [6.07, 6.45) is -0.369. The van der Waals surface area contributed by atoms with Gasteiger partial charge < -0.3 is 19.6 Å². The number of hydrogen-bond acceptors (Lipinski definition) is 6. The number of amides is 1. The number of nitriles is 1. The molecule has 1 amide bonds. The second-order valence-electron chi connectivity index (χ2n) is 5.58. The molecule has 26 heavy (non-hydrogen) atoms. The first kappa shape index (κ1) is 17.3. The van der Waals surface area contributed by atoms with Gasteiger partial charge in [0.2, 0.25) is 6.10 Å². The first-order valence-electron chi connectivity index (χ1n) is 7.90. The van der Waals surface area contributed by atoms with Crippen LogP contribution in [-0.2, 0) is 9.63 Å². The standard InChI is InChI=1S/C19H17N3O4/c1-24-16-8-5-13(9-17(16)25-2)15-10-18(26-22-15)19(23)21-14-6-3-12(11-20)4-7-14/h3-9,18H,10H2,1-2H3,(H,21,23)/t18-/m0/s1. The Labute approximate surface area is 150 Å². The lowest BCUT2D eigenvalue weighted by atomic mass is 10.0. The van der Waals surface area contributed by atoms with Gasteiger partial charge in [-0.15, -0.1) is 0 Å². The minimum absolute atomic E-state index is 0.297. The molecule has 132 valence electrons. The number of methoxy groups -OCH3 is 2. The summed E-state index contributed by atoms with van der Waals surface area (Å²) in [6, 6.07) is 14.0. The van der Waals surface area contributed by atoms with Crippen molar-refractivity contribution in [2.45, 2.75) is 12.5 Å². The van der Waals surface area contributed by atoms with Crippen LogP contribution < -0.4 is 14.8 Å². The molecule has 1 atom stereocenters. The third-order valence-electron chi connectivity index (χ3n) is 3.96. The number of hydrogen-bond donors (Lipinski definition) is 1. The Balaban J connectivity index is 1.65. The van der Waals surface area contributed by atoms with Crippen molar-refractivity contribution >= 4 is 17.3 Å². The predicted octanol–water partition coefficient (Wildman–Crippen LogP) is 2.71. The van der Waals surface area contributed by atoms with Crippen molar-refractivity contribution in [2.75, 3.05) is 19.5 Å². The molecule has 0 spiro atoms. The monoisotopic (exact) mass is 351 g/mol. The van der Waals surface area contributed by atoms with Crippen LogP contribution >= 0.6 is 0 Å². The fourth-order valence-electron chi connectivity index (χ4n) is 2.56. The van der Waals surface area contributed by atoms with Crippen molar-refractivity contribution in [3.05, 3.63) is 53.6 Å². The van der Waals surface area contributed by atoms with Crippen LogP contribution in [0.5, 0.6) is 11.5 Å². The number of carbonyl (C=O) groups is 1. The zero-order valence-corrected chi connectivity index (χ0v) is 14.4. The molecular formula is C19H17N3O4. The molecule has 1 aliphatic rings. The Morgan fingerprint density at radius 1 is 1.19 bits per heavy atom. The zero-order valence-electron chi connectivity index (χ0n) is 14.4. The Bertz CT molecular complexity index is 885. The summed E-state index contributed by atoms with van der Waals surface area (Å²) < 4.78 is 10.5. The molecule has 0 aromatic heterocycles. The van der Waals surface area contributed by atoms with E-state index in [2.05, 4.69) is 10.5 Å². The molecule has 0 radical (unpaired) electrons. The van der Waals surface area contributed by atoms with Gasteiger partial charge in [0, 0.05) is 17.7 Å². The van der Waals surface area contributed by atoms with E-state index in [0.717, 1.165) is 5.56 Å². The van der Waals surface area contributed by atoms with Gasteiger partial charge in [0.25, 0.3) is 5.91 Å². The van der Waals surface area contributed by atoms with Crippen LogP contribution in [0.25, 0.3) is 0 Å². The summed E-state index contributed by atoms with van der Waals surface area (Å²) in [5.41, 5.74) is 2.58. The van der Waals surface area contributed by atoms with Gasteiger partial charge in [-0.05, 0) is 42.5 Å². The molecule has 2 aromatic rings. The Kier molecular flexibility index (Phi) is 5.04. The fourth-order valence-corrected chi connectivity index (χ4v) is 2.56. The van der Waals surface area contributed by atoms with Gasteiger partial charge in [-0.2, -0.15) is 5.26 Å². The van der Waals surface area contributed by atoms with Crippen molar-refractivity contribution in [3.8, 4) is 17.6 Å². The highest BCUT2D eigenvalue weighted by atomic mass is 16.6. The Morgan fingerprint density at radius 2 is 1.92 bits per heavy atom. The van der Waals surface area contributed by atoms with Crippen molar-refractivity contribution in [2.24, 2.45) is 5.16 Å². The molecule has 7 nitrogen and oxygen atoms in total. The van der Waals surface area contributed by atoms with E-state index >= 15 is 0 Å². The molecule has 0 bridgehead atoms. The molecule has 1 heterocycles. The summed E-state index contributed by atoms with van der Waals surface area (Å²) in [5, 5.41) is 15.6. The highest BCUT2D eigenvalue weighted by Crippen LogP contribution is 2.29. The number of anilines is 1.